The van der Waals surface area contributed by atoms with Gasteiger partial charge in [0.05, 0.1) is 4.90 Å². The number of aryl methyl sites for hydroxylation is 2. The van der Waals surface area contributed by atoms with Crippen LogP contribution in [0.1, 0.15) is 30.4 Å². The molecule has 3 aromatic carbocycles. The zero-order valence-electron chi connectivity index (χ0n) is 17.8. The third-order valence-corrected chi connectivity index (χ3v) is 6.12. The summed E-state index contributed by atoms with van der Waals surface area (Å²) in [5.41, 5.74) is 4.94. The van der Waals surface area contributed by atoms with Crippen LogP contribution in [0.25, 0.3) is 22.3 Å². The Morgan fingerprint density at radius 2 is 1.25 bits per heavy atom. The minimum absolute atomic E-state index is 0.0804. The van der Waals surface area contributed by atoms with Crippen molar-refractivity contribution in [3.8, 4) is 22.3 Å². The largest absolute Gasteiger partial charge is 0.481 e. The molecule has 0 amide bonds. The van der Waals surface area contributed by atoms with Gasteiger partial charge < -0.3 is 10.2 Å². The number of hydrogen-bond acceptors (Lipinski definition) is 3. The molecule has 0 aliphatic rings. The zero-order chi connectivity index (χ0) is 23.1. The van der Waals surface area contributed by atoms with Gasteiger partial charge in [-0.05, 0) is 53.3 Å². The van der Waals surface area contributed by atoms with E-state index >= 15 is 4.39 Å². The third kappa shape index (κ3) is 5.98. The number of carboxylic acid groups (broad SMARTS) is 2. The Kier molecular flexibility index (Phi) is 8.06. The second kappa shape index (κ2) is 11.0. The van der Waals surface area contributed by atoms with E-state index in [4.69, 9.17) is 10.2 Å². The Hall–Kier alpha value is -3.12. The van der Waals surface area contributed by atoms with Gasteiger partial charge in [-0.15, -0.1) is 11.8 Å². The maximum absolute atomic E-state index is 15.4. The lowest BCUT2D eigenvalue weighted by Gasteiger charge is -2.14. The van der Waals surface area contributed by atoms with Crippen molar-refractivity contribution in [1.82, 2.24) is 0 Å². The molecule has 3 rings (SSSR count). The minimum atomic E-state index is -0.829. The van der Waals surface area contributed by atoms with Crippen LogP contribution in [-0.4, -0.2) is 28.4 Å². The van der Waals surface area contributed by atoms with Crippen LogP contribution in [0, 0.1) is 5.82 Å². The lowest BCUT2D eigenvalue weighted by atomic mass is 9.97. The average molecular weight is 453 g/mol. The predicted octanol–water partition coefficient (Wildman–Crippen LogP) is 6.31. The molecule has 0 saturated carbocycles. The topological polar surface area (TPSA) is 74.6 Å². The molecule has 0 atom stereocenters. The maximum Gasteiger partial charge on any atom is 0.303 e. The van der Waals surface area contributed by atoms with Gasteiger partial charge in [0.2, 0.25) is 0 Å². The van der Waals surface area contributed by atoms with Gasteiger partial charge in [0.1, 0.15) is 5.82 Å². The Labute approximate surface area is 191 Å². The molecule has 0 spiro atoms. The molecular weight excluding hydrogens is 427 g/mol. The van der Waals surface area contributed by atoms with Crippen molar-refractivity contribution in [3.63, 3.8) is 0 Å². The van der Waals surface area contributed by atoms with Gasteiger partial charge in [-0.25, -0.2) is 4.39 Å². The monoisotopic (exact) mass is 452 g/mol. The molecule has 0 aromatic heterocycles. The molecule has 166 valence electrons. The van der Waals surface area contributed by atoms with Crippen molar-refractivity contribution in [2.24, 2.45) is 0 Å². The molecular formula is C26H25FO4S. The number of aliphatic carboxylic acids is 2. The summed E-state index contributed by atoms with van der Waals surface area (Å²) in [5.74, 6) is -1.91. The normalized spacial score (nSPS) is 10.8. The molecule has 0 unspecified atom stereocenters. The number of carboxylic acids is 2. The Bertz CT molecular complexity index is 1090. The molecule has 0 fully saturated rings. The van der Waals surface area contributed by atoms with E-state index in [-0.39, 0.29) is 18.7 Å². The van der Waals surface area contributed by atoms with Crippen LogP contribution in [0.5, 0.6) is 0 Å². The smallest absolute Gasteiger partial charge is 0.303 e. The highest BCUT2D eigenvalue weighted by molar-refractivity contribution is 7.98. The van der Waals surface area contributed by atoms with E-state index in [9.17, 15) is 9.59 Å². The number of hydrogen-bond donors (Lipinski definition) is 2. The summed E-state index contributed by atoms with van der Waals surface area (Å²) in [6.07, 6.45) is 3.77. The van der Waals surface area contributed by atoms with Crippen LogP contribution in [0.15, 0.2) is 65.6 Å². The van der Waals surface area contributed by atoms with Crippen LogP contribution in [0.2, 0.25) is 0 Å². The minimum Gasteiger partial charge on any atom is -0.481 e. The molecule has 0 bridgehead atoms. The van der Waals surface area contributed by atoms with E-state index < -0.39 is 11.9 Å². The predicted molar refractivity (Wildman–Crippen MR) is 126 cm³/mol. The van der Waals surface area contributed by atoms with Crippen molar-refractivity contribution in [3.05, 3.63) is 77.6 Å². The number of halogens is 1. The van der Waals surface area contributed by atoms with E-state index in [1.165, 1.54) is 11.8 Å². The Morgan fingerprint density at radius 3 is 1.78 bits per heavy atom. The second-order valence-electron chi connectivity index (χ2n) is 7.54. The van der Waals surface area contributed by atoms with Gasteiger partial charge in [-0.2, -0.15) is 0 Å². The van der Waals surface area contributed by atoms with Gasteiger partial charge in [0.15, 0.2) is 0 Å². The summed E-state index contributed by atoms with van der Waals surface area (Å²) >= 11 is 1.35. The first-order valence-electron chi connectivity index (χ1n) is 10.4. The highest BCUT2D eigenvalue weighted by Crippen LogP contribution is 2.37. The molecule has 0 heterocycles. The van der Waals surface area contributed by atoms with Gasteiger partial charge in [0, 0.05) is 18.4 Å². The van der Waals surface area contributed by atoms with Crippen LogP contribution in [-0.2, 0) is 22.4 Å². The summed E-state index contributed by atoms with van der Waals surface area (Å²) in [6, 6.07) is 18.8. The molecule has 3 aromatic rings. The van der Waals surface area contributed by atoms with Crippen molar-refractivity contribution in [2.45, 2.75) is 37.0 Å². The summed E-state index contributed by atoms with van der Waals surface area (Å²) in [5, 5.41) is 17.6. The van der Waals surface area contributed by atoms with Crippen LogP contribution in [0.3, 0.4) is 0 Å². The average Bonchev–Trinajstić information content (AvgIpc) is 2.78. The fourth-order valence-electron chi connectivity index (χ4n) is 3.60. The van der Waals surface area contributed by atoms with Crippen molar-refractivity contribution >= 4 is 23.7 Å². The van der Waals surface area contributed by atoms with Gasteiger partial charge >= 0.3 is 11.9 Å². The van der Waals surface area contributed by atoms with E-state index in [1.807, 2.05) is 60.9 Å². The first-order valence-corrected chi connectivity index (χ1v) is 11.6. The van der Waals surface area contributed by atoms with E-state index in [0.29, 0.717) is 29.7 Å². The Balaban J connectivity index is 1.82. The fourth-order valence-corrected chi connectivity index (χ4v) is 4.30. The molecule has 32 heavy (non-hydrogen) atoms. The van der Waals surface area contributed by atoms with Crippen LogP contribution < -0.4 is 0 Å². The molecule has 0 saturated heterocycles. The van der Waals surface area contributed by atoms with Crippen molar-refractivity contribution in [1.29, 1.82) is 0 Å². The Morgan fingerprint density at radius 1 is 0.750 bits per heavy atom. The fraction of sp³-hybridized carbons (Fsp3) is 0.231. The van der Waals surface area contributed by atoms with Crippen molar-refractivity contribution < 1.29 is 24.2 Å². The third-order valence-electron chi connectivity index (χ3n) is 5.31. The summed E-state index contributed by atoms with van der Waals surface area (Å²) in [6.45, 7) is 0. The highest BCUT2D eigenvalue weighted by Gasteiger charge is 2.15. The molecule has 2 N–H and O–H groups in total. The van der Waals surface area contributed by atoms with Crippen LogP contribution >= 0.6 is 11.8 Å². The first-order chi connectivity index (χ1) is 15.4. The molecule has 0 aliphatic carbocycles. The molecule has 6 heteroatoms. The van der Waals surface area contributed by atoms with Gasteiger partial charge in [0.25, 0.3) is 0 Å². The number of rotatable bonds is 10. The standard InChI is InChI=1S/C26H25FO4S/c1-32-26-22(20-12-7-18(8-13-20)9-16-24(30)31)15-14-21(25(26)27)19-10-5-17(6-11-19)3-2-4-23(28)29/h5-8,10-15H,2-4,9,16H2,1H3,(H,28,29)(H,30,31). The van der Waals surface area contributed by atoms with Crippen molar-refractivity contribution in [2.75, 3.05) is 6.26 Å². The SMILES string of the molecule is CSc1c(-c2ccc(CCC(=O)O)cc2)ccc(-c2ccc(CCCC(=O)O)cc2)c1F. The number of carbonyl (C=O) groups is 2. The first kappa shape index (κ1) is 23.5. The van der Waals surface area contributed by atoms with E-state index in [1.54, 1.807) is 6.07 Å². The van der Waals surface area contributed by atoms with Gasteiger partial charge in [-0.3, -0.25) is 9.59 Å². The van der Waals surface area contributed by atoms with Crippen LogP contribution in [0.4, 0.5) is 4.39 Å². The molecule has 0 aliphatic heterocycles. The van der Waals surface area contributed by atoms with E-state index in [2.05, 4.69) is 0 Å². The molecule has 0 radical (unpaired) electrons. The summed E-state index contributed by atoms with van der Waals surface area (Å²) < 4.78 is 15.4. The highest BCUT2D eigenvalue weighted by atomic mass is 32.2. The lowest BCUT2D eigenvalue weighted by Crippen LogP contribution is -1.97. The van der Waals surface area contributed by atoms with E-state index in [0.717, 1.165) is 27.8 Å². The lowest BCUT2D eigenvalue weighted by molar-refractivity contribution is -0.138. The maximum atomic E-state index is 15.4. The second-order valence-corrected chi connectivity index (χ2v) is 8.36. The van der Waals surface area contributed by atoms with Gasteiger partial charge in [-0.1, -0.05) is 60.7 Å². The zero-order valence-corrected chi connectivity index (χ0v) is 18.6. The summed E-state index contributed by atoms with van der Waals surface area (Å²) in [7, 11) is 0. The number of benzene rings is 3. The number of thioether (sulfide) groups is 1. The molecule has 4 nitrogen and oxygen atoms in total. The summed E-state index contributed by atoms with van der Waals surface area (Å²) in [4.78, 5) is 22.0. The quantitative estimate of drug-likeness (QED) is 0.353.